The summed E-state index contributed by atoms with van der Waals surface area (Å²) in [6.45, 7) is 1.50. The van der Waals surface area contributed by atoms with Gasteiger partial charge < -0.3 is 15.6 Å². The van der Waals surface area contributed by atoms with Crippen molar-refractivity contribution in [1.82, 2.24) is 14.9 Å². The average molecular weight is 194 g/mol. The predicted octanol–water partition coefficient (Wildman–Crippen LogP) is -0.0270. The van der Waals surface area contributed by atoms with Crippen LogP contribution in [0, 0.1) is 0 Å². The second-order valence-electron chi connectivity index (χ2n) is 3.59. The van der Waals surface area contributed by atoms with E-state index >= 15 is 0 Å². The third-order valence-corrected chi connectivity index (χ3v) is 2.56. The quantitative estimate of drug-likeness (QED) is 0.659. The lowest BCUT2D eigenvalue weighted by Crippen LogP contribution is -2.42. The van der Waals surface area contributed by atoms with Crippen molar-refractivity contribution >= 4 is 5.91 Å². The number of carbonyl (C=O) groups is 1. The lowest BCUT2D eigenvalue weighted by molar-refractivity contribution is 0.0709. The number of aromatic amines is 1. The normalized spacial score (nSPS) is 18.5. The Morgan fingerprint density at radius 1 is 1.57 bits per heavy atom. The number of piperidine rings is 1. The van der Waals surface area contributed by atoms with Crippen LogP contribution < -0.4 is 5.73 Å². The molecule has 5 heteroatoms. The number of rotatable bonds is 1. The largest absolute Gasteiger partial charge is 0.341 e. The summed E-state index contributed by atoms with van der Waals surface area (Å²) < 4.78 is 0. The number of hydrogen-bond donors (Lipinski definition) is 2. The molecule has 0 aliphatic carbocycles. The fraction of sp³-hybridized carbons (Fsp3) is 0.556. The van der Waals surface area contributed by atoms with Crippen LogP contribution in [0.1, 0.15) is 23.3 Å². The maximum atomic E-state index is 11.8. The summed E-state index contributed by atoms with van der Waals surface area (Å²) >= 11 is 0. The molecule has 14 heavy (non-hydrogen) atoms. The first kappa shape index (κ1) is 9.21. The third kappa shape index (κ3) is 1.77. The van der Waals surface area contributed by atoms with Crippen molar-refractivity contribution in [3.8, 4) is 0 Å². The Hall–Kier alpha value is -1.36. The van der Waals surface area contributed by atoms with E-state index in [1.807, 2.05) is 4.90 Å². The number of nitrogens with two attached hydrogens (primary N) is 1. The molecule has 1 aromatic heterocycles. The lowest BCUT2D eigenvalue weighted by atomic mass is 10.1. The van der Waals surface area contributed by atoms with Gasteiger partial charge in [-0.05, 0) is 12.8 Å². The zero-order chi connectivity index (χ0) is 9.97. The smallest absolute Gasteiger partial charge is 0.271 e. The number of nitrogens with one attached hydrogen (secondary N) is 1. The van der Waals surface area contributed by atoms with E-state index < -0.39 is 0 Å². The number of aromatic nitrogens is 2. The minimum atomic E-state index is 0.0226. The van der Waals surface area contributed by atoms with E-state index in [2.05, 4.69) is 9.97 Å². The van der Waals surface area contributed by atoms with Gasteiger partial charge in [-0.25, -0.2) is 4.98 Å². The lowest BCUT2D eigenvalue weighted by Gasteiger charge is -2.29. The summed E-state index contributed by atoms with van der Waals surface area (Å²) in [5, 5.41) is 0. The Bertz CT molecular complexity index is 301. The molecule has 2 rings (SSSR count). The van der Waals surface area contributed by atoms with Gasteiger partial charge in [0.25, 0.3) is 5.91 Å². The van der Waals surface area contributed by atoms with Gasteiger partial charge in [0.15, 0.2) is 0 Å². The standard InChI is InChI=1S/C9H14N4O/c10-7-1-3-13(4-2-7)9(14)8-5-11-6-12-8/h5-7H,1-4,10H2,(H,11,12). The summed E-state index contributed by atoms with van der Waals surface area (Å²) in [5.74, 6) is 0.0226. The third-order valence-electron chi connectivity index (χ3n) is 2.56. The van der Waals surface area contributed by atoms with E-state index in [0.717, 1.165) is 25.9 Å². The molecule has 0 bridgehead atoms. The maximum absolute atomic E-state index is 11.8. The minimum Gasteiger partial charge on any atom is -0.341 e. The molecule has 3 N–H and O–H groups in total. The summed E-state index contributed by atoms with van der Waals surface area (Å²) in [6, 6.07) is 0.251. The Kier molecular flexibility index (Phi) is 2.49. The van der Waals surface area contributed by atoms with Crippen LogP contribution in [-0.4, -0.2) is 39.9 Å². The van der Waals surface area contributed by atoms with Crippen LogP contribution in [-0.2, 0) is 0 Å². The number of amides is 1. The Labute approximate surface area is 82.3 Å². The molecule has 1 amide bonds. The highest BCUT2D eigenvalue weighted by molar-refractivity contribution is 5.92. The van der Waals surface area contributed by atoms with Gasteiger partial charge in [0.05, 0.1) is 12.5 Å². The van der Waals surface area contributed by atoms with Crippen molar-refractivity contribution in [3.05, 3.63) is 18.2 Å². The first-order valence-electron chi connectivity index (χ1n) is 4.80. The second kappa shape index (κ2) is 3.79. The van der Waals surface area contributed by atoms with Crippen LogP contribution in [0.4, 0.5) is 0 Å². The molecule has 76 valence electrons. The Morgan fingerprint density at radius 3 is 2.86 bits per heavy atom. The van der Waals surface area contributed by atoms with Gasteiger partial charge >= 0.3 is 0 Å². The predicted molar refractivity (Wildman–Crippen MR) is 51.7 cm³/mol. The Morgan fingerprint density at radius 2 is 2.29 bits per heavy atom. The molecule has 0 spiro atoms. The molecule has 2 heterocycles. The van der Waals surface area contributed by atoms with Crippen molar-refractivity contribution in [2.75, 3.05) is 13.1 Å². The number of imidazole rings is 1. The number of hydrogen-bond acceptors (Lipinski definition) is 3. The van der Waals surface area contributed by atoms with Crippen molar-refractivity contribution in [1.29, 1.82) is 0 Å². The zero-order valence-electron chi connectivity index (χ0n) is 7.94. The molecule has 1 aliphatic heterocycles. The fourth-order valence-corrected chi connectivity index (χ4v) is 1.65. The highest BCUT2D eigenvalue weighted by Gasteiger charge is 2.21. The van der Waals surface area contributed by atoms with E-state index in [0.29, 0.717) is 5.69 Å². The van der Waals surface area contributed by atoms with E-state index in [1.165, 1.54) is 6.33 Å². The second-order valence-corrected chi connectivity index (χ2v) is 3.59. The van der Waals surface area contributed by atoms with Crippen molar-refractivity contribution in [3.63, 3.8) is 0 Å². The summed E-state index contributed by atoms with van der Waals surface area (Å²) in [5.41, 5.74) is 6.31. The maximum Gasteiger partial charge on any atom is 0.271 e. The molecular formula is C9H14N4O. The monoisotopic (exact) mass is 194 g/mol. The number of nitrogens with zero attached hydrogens (tertiary/aromatic N) is 2. The molecule has 0 unspecified atom stereocenters. The van der Waals surface area contributed by atoms with E-state index in [9.17, 15) is 4.79 Å². The zero-order valence-corrected chi connectivity index (χ0v) is 7.94. The van der Waals surface area contributed by atoms with Crippen LogP contribution >= 0.6 is 0 Å². The van der Waals surface area contributed by atoms with Crippen molar-refractivity contribution in [2.45, 2.75) is 18.9 Å². The highest BCUT2D eigenvalue weighted by Crippen LogP contribution is 2.10. The van der Waals surface area contributed by atoms with Gasteiger partial charge in [-0.2, -0.15) is 0 Å². The summed E-state index contributed by atoms with van der Waals surface area (Å²) in [6.07, 6.45) is 4.85. The van der Waals surface area contributed by atoms with Crippen LogP contribution in [0.25, 0.3) is 0 Å². The summed E-state index contributed by atoms with van der Waals surface area (Å²) in [4.78, 5) is 20.2. The number of likely N-dealkylation sites (tertiary alicyclic amines) is 1. The SMILES string of the molecule is NC1CCN(C(=O)c2cnc[nH]2)CC1. The van der Waals surface area contributed by atoms with Gasteiger partial charge in [-0.15, -0.1) is 0 Å². The molecule has 0 saturated carbocycles. The molecular weight excluding hydrogens is 180 g/mol. The van der Waals surface area contributed by atoms with Gasteiger partial charge in [0, 0.05) is 19.1 Å². The fourth-order valence-electron chi connectivity index (χ4n) is 1.65. The van der Waals surface area contributed by atoms with Gasteiger partial charge in [0.2, 0.25) is 0 Å². The van der Waals surface area contributed by atoms with E-state index in [1.54, 1.807) is 6.20 Å². The van der Waals surface area contributed by atoms with Crippen LogP contribution in [0.5, 0.6) is 0 Å². The van der Waals surface area contributed by atoms with Gasteiger partial charge in [-0.1, -0.05) is 0 Å². The van der Waals surface area contributed by atoms with Crippen molar-refractivity contribution < 1.29 is 4.79 Å². The molecule has 0 radical (unpaired) electrons. The van der Waals surface area contributed by atoms with Crippen LogP contribution in [0.15, 0.2) is 12.5 Å². The van der Waals surface area contributed by atoms with E-state index in [-0.39, 0.29) is 11.9 Å². The Balaban J connectivity index is 1.99. The number of H-pyrrole nitrogens is 1. The van der Waals surface area contributed by atoms with Crippen LogP contribution in [0.2, 0.25) is 0 Å². The first-order valence-corrected chi connectivity index (χ1v) is 4.80. The first-order chi connectivity index (χ1) is 6.77. The van der Waals surface area contributed by atoms with E-state index in [4.69, 9.17) is 5.73 Å². The average Bonchev–Trinajstić information content (AvgIpc) is 2.71. The molecule has 0 atom stereocenters. The molecule has 1 aliphatic rings. The summed E-state index contributed by atoms with van der Waals surface area (Å²) in [7, 11) is 0. The van der Waals surface area contributed by atoms with Crippen molar-refractivity contribution in [2.24, 2.45) is 5.73 Å². The highest BCUT2D eigenvalue weighted by atomic mass is 16.2. The van der Waals surface area contributed by atoms with Gasteiger partial charge in [-0.3, -0.25) is 4.79 Å². The molecule has 1 fully saturated rings. The molecule has 1 aromatic rings. The molecule has 5 nitrogen and oxygen atoms in total. The van der Waals surface area contributed by atoms with Crippen LogP contribution in [0.3, 0.4) is 0 Å². The molecule has 0 aromatic carbocycles. The number of carbonyl (C=O) groups excluding carboxylic acids is 1. The minimum absolute atomic E-state index is 0.0226. The molecule has 1 saturated heterocycles. The topological polar surface area (TPSA) is 75.0 Å². The van der Waals surface area contributed by atoms with Gasteiger partial charge in [0.1, 0.15) is 5.69 Å².